The molecule has 72 heteroatoms. The van der Waals surface area contributed by atoms with E-state index in [1.807, 2.05) is 0 Å². The van der Waals surface area contributed by atoms with Gasteiger partial charge >= 0.3 is 52.9 Å². The van der Waals surface area contributed by atoms with Crippen molar-refractivity contribution < 1.29 is 159 Å². The van der Waals surface area contributed by atoms with Crippen molar-refractivity contribution in [3.8, 4) is 0 Å². The van der Waals surface area contributed by atoms with E-state index < -0.39 is 286 Å². The van der Waals surface area contributed by atoms with Crippen molar-refractivity contribution in [2.75, 3.05) is 158 Å². The highest BCUT2D eigenvalue weighted by Gasteiger charge is 2.59. The number of aliphatic hydroxyl groups excluding tert-OH is 1. The van der Waals surface area contributed by atoms with Crippen LogP contribution in [0.2, 0.25) is 0 Å². The highest BCUT2D eigenvalue weighted by Crippen LogP contribution is 2.60. The number of nitrogens with two attached hydrogens (primary N) is 4. The van der Waals surface area contributed by atoms with E-state index in [4.69, 9.17) is 168 Å². The molecule has 9 aromatic rings. The Morgan fingerprint density at radius 3 is 1.15 bits per heavy atom. The zero-order chi connectivity index (χ0) is 106. The van der Waals surface area contributed by atoms with E-state index in [9.17, 15) is 63.0 Å². The van der Waals surface area contributed by atoms with Gasteiger partial charge in [0, 0.05) is 77.3 Å². The Balaban J connectivity index is 0.731. The smallest absolute Gasteiger partial charge is 0.387 e. The quantitative estimate of drug-likeness (QED) is 0.0103. The summed E-state index contributed by atoms with van der Waals surface area (Å²) in [7, 11) is -5.26. The summed E-state index contributed by atoms with van der Waals surface area (Å²) in [5, 5.41) is 11.9. The largest absolute Gasteiger partial charge is 0.472 e. The van der Waals surface area contributed by atoms with Crippen LogP contribution in [0.1, 0.15) is 67.4 Å². The van der Waals surface area contributed by atoms with Crippen molar-refractivity contribution in [3.05, 3.63) is 137 Å². The number of phosphoric ester groups is 2. The molecular formula is C75H107N22O42P5S3. The lowest BCUT2D eigenvalue weighted by atomic mass is 10.1. The first-order valence-electron chi connectivity index (χ1n) is 44.4. The van der Waals surface area contributed by atoms with Gasteiger partial charge in [-0.05, 0) is 51.3 Å². The topological polar surface area (TPSA) is 832 Å². The van der Waals surface area contributed by atoms with E-state index in [1.165, 1.54) is 73.3 Å². The highest BCUT2D eigenvalue weighted by atomic mass is 32.7. The number of aliphatic hydroxyl groups is 1. The predicted octanol–water partition coefficient (Wildman–Crippen LogP) is -3.01. The molecule has 64 nitrogen and oxygen atoms in total. The molecule has 0 aromatic carbocycles. The Morgan fingerprint density at radius 1 is 0.401 bits per heavy atom. The third-order valence-corrected chi connectivity index (χ3v) is 30.3. The molecule has 0 bridgehead atoms. The normalized spacial score (nSPS) is 29.0. The minimum Gasteiger partial charge on any atom is -0.387 e. The molecule has 0 saturated carbocycles. The number of thiol groups is 1. The summed E-state index contributed by atoms with van der Waals surface area (Å²) in [4.78, 5) is 195. The van der Waals surface area contributed by atoms with E-state index in [0.717, 1.165) is 48.0 Å². The number of nitrogens with zero attached hydrogens (tertiary/aromatic N) is 13. The molecule has 6 aliphatic rings. The maximum Gasteiger partial charge on any atom is 0.472 e. The molecule has 0 amide bonds. The Labute approximate surface area is 841 Å². The van der Waals surface area contributed by atoms with Gasteiger partial charge in [-0.25, -0.2) is 43.0 Å². The molecule has 6 saturated heterocycles. The number of aromatic nitrogens is 18. The number of H-pyrrole nitrogens is 5. The number of imidazole rings is 3. The van der Waals surface area contributed by atoms with Gasteiger partial charge in [-0.2, -0.15) is 19.9 Å². The fourth-order valence-corrected chi connectivity index (χ4v) is 23.0. The van der Waals surface area contributed by atoms with E-state index in [1.54, 1.807) is 6.92 Å². The Morgan fingerprint density at radius 2 is 0.735 bits per heavy atom. The number of rotatable bonds is 51. The molecule has 11 unspecified atom stereocenters. The second-order valence-corrected chi connectivity index (χ2v) is 44.8. The van der Waals surface area contributed by atoms with Crippen molar-refractivity contribution in [2.24, 2.45) is 0 Å². The molecule has 15 heterocycles. The first kappa shape index (κ1) is 113. The fraction of sp³-hybridized carbons (Fsp3) is 0.640. The maximum absolute atomic E-state index is 15.7. The first-order valence-corrected chi connectivity index (χ1v) is 55.3. The van der Waals surface area contributed by atoms with Gasteiger partial charge in [-0.15, -0.1) is 0 Å². The summed E-state index contributed by atoms with van der Waals surface area (Å²) in [5.74, 6) is -1.34. The van der Waals surface area contributed by atoms with Crippen LogP contribution in [-0.4, -0.2) is 350 Å². The third kappa shape index (κ3) is 26.2. The minimum atomic E-state index is -6.00. The number of ether oxygens (including phenoxy) is 16. The molecule has 0 aliphatic carbocycles. The summed E-state index contributed by atoms with van der Waals surface area (Å²) in [6.07, 6.45) is -31.4. The summed E-state index contributed by atoms with van der Waals surface area (Å²) in [6.45, 7) is -16.5. The molecule has 147 heavy (non-hydrogen) atoms. The van der Waals surface area contributed by atoms with Crippen LogP contribution >= 0.6 is 48.1 Å². The van der Waals surface area contributed by atoms with Crippen LogP contribution in [0.5, 0.6) is 0 Å². The van der Waals surface area contributed by atoms with Crippen molar-refractivity contribution >= 4 is 129 Å². The van der Waals surface area contributed by atoms with Crippen LogP contribution in [0, 0.1) is 20.8 Å². The number of aryl methyl sites for hydroxylation is 3. The van der Waals surface area contributed by atoms with Gasteiger partial charge in [-0.3, -0.25) is 108 Å². The van der Waals surface area contributed by atoms with Crippen LogP contribution in [0.4, 0.5) is 23.7 Å². The molecule has 6 aliphatic heterocycles. The molecule has 6 fully saturated rings. The lowest BCUT2D eigenvalue weighted by Gasteiger charge is -2.30. The highest BCUT2D eigenvalue weighted by molar-refractivity contribution is 8.44. The van der Waals surface area contributed by atoms with Gasteiger partial charge < -0.3 is 137 Å². The Kier molecular flexibility index (Phi) is 36.7. The zero-order valence-corrected chi connectivity index (χ0v) is 86.0. The summed E-state index contributed by atoms with van der Waals surface area (Å²) in [6, 6.07) is 0. The van der Waals surface area contributed by atoms with Gasteiger partial charge in [0.15, 0.2) is 64.6 Å². The monoisotopic (exact) mass is 2240 g/mol. The van der Waals surface area contributed by atoms with Gasteiger partial charge in [0.2, 0.25) is 17.8 Å². The number of phosphoric acid groups is 2. The molecule has 15 rings (SSSR count). The minimum absolute atomic E-state index is 0.0235. The number of methoxy groups -OCH3 is 5. The maximum atomic E-state index is 15.7. The third-order valence-electron chi connectivity index (χ3n) is 23.6. The van der Waals surface area contributed by atoms with Crippen LogP contribution < -0.4 is 67.8 Å². The van der Waals surface area contributed by atoms with Gasteiger partial charge in [0.25, 0.3) is 27.8 Å². The van der Waals surface area contributed by atoms with Crippen molar-refractivity contribution in [2.45, 2.75) is 175 Å². The van der Waals surface area contributed by atoms with Crippen LogP contribution in [0.3, 0.4) is 0 Å². The molecule has 0 spiro atoms. The molecule has 812 valence electrons. The predicted molar refractivity (Wildman–Crippen MR) is 509 cm³/mol. The van der Waals surface area contributed by atoms with Gasteiger partial charge in [0.05, 0.1) is 130 Å². The van der Waals surface area contributed by atoms with Crippen LogP contribution in [-0.2, 0) is 158 Å². The number of aromatic amines is 5. The SMILES string of the molecule is COCCO[C@H]1C(O)[C@@H](COP(O)(=S)OC2[C@@H](COP(=O)(S)OC3[C@@H](COP(=O)(O)OC4[C@@H](COP(=O)(O)OC5[C@@H](COP(O)(=S)OC6C[C@H](n7cc(C)c(=O)[nH]c7=O)O[C@@H]6C)O[C@@H](n6cnc7c(=O)[nH]c(N)nc76)[C@H]5OCCOC)O[C@@H](n5cc(C)c(=O)[nH]c5=O)[C@H]4OCCOC)O[C@@H](n4cnc5c(=O)[nH]c(N)nc54)[C@H]3OCCOC)O[C@@H](n3cnc4c(=O)[nH]c(N)nc43)[C@H]2OCCOC)O[C@H]1n1cc(C)c(N)nc1=O. The summed E-state index contributed by atoms with van der Waals surface area (Å²) < 4.78 is 209. The standard InChI is InChI=1S/C75H107N22O42P5S3/c1-32-21-93(73(104)83-56(32)76)65-51(119-15-10-114-5)46(98)37(130-65)24-126-143(112,146)139-50-41(134-69(55(50)123-19-14-118-9)97-31-82-45-59(97)86-72(79)89-64(45)103)28-128-144(113,147)138-49-39(132-68(54(49)122-18-13-117-8)96-30-81-44-58(96)85-71(78)88-63(44)102)26-125-141(109,110)136-47-38(131-66(52(47)120-16-11-115-6)94-23-34(3)61(100)91-75(94)106)25-124-140(107,108)137-48-40(133-67(53(48)121-17-12-116-7)95-29-80-43-57(95)84-70(77)87-62(43)101)27-127-142(111,145)135-36-20-42(129-35(36)4)92-22-33(2)60(99)90-74(92)105/h21-23,29-31,35-42,46-55,65-69,98H,10-20,24-28H2,1-9H3,(H,107,108)(H,109,110)(H,111,145)(H,112,146)(H,113,147)(H2,76,83,104)(H,90,99,105)(H,91,100,106)(H3,77,84,87,101)(H3,78,85,88,102)(H3,79,86,89,103)/t35-,36?,37-,38-,39-,40-,41-,42-,46?,47?,48?,49?,50?,51+,52+,53+,54+,55+,65-,66-,67-,68-,69-,142?,143?,144?/m1/s1. The van der Waals surface area contributed by atoms with Crippen molar-refractivity contribution in [3.63, 3.8) is 0 Å². The fourth-order valence-electron chi connectivity index (χ4n) is 16.7. The van der Waals surface area contributed by atoms with Gasteiger partial charge in [0.1, 0.15) is 104 Å². The second-order valence-electron chi connectivity index (χ2n) is 33.5. The number of hydrogen-bond donors (Lipinski definition) is 15. The van der Waals surface area contributed by atoms with Crippen molar-refractivity contribution in [1.82, 2.24) is 87.2 Å². The second kappa shape index (κ2) is 47.9. The van der Waals surface area contributed by atoms with Crippen LogP contribution in [0.25, 0.3) is 33.5 Å². The Bertz CT molecular complexity index is 6960. The average Bonchev–Trinajstić information content (AvgIpc) is 1.68. The lowest BCUT2D eigenvalue weighted by molar-refractivity contribution is -0.0844. The first-order chi connectivity index (χ1) is 69.8. The lowest BCUT2D eigenvalue weighted by Crippen LogP contribution is -2.42. The number of hydrogen-bond acceptors (Lipinski definition) is 51. The number of nitrogen functional groups attached to an aromatic ring is 4. The van der Waals surface area contributed by atoms with E-state index in [0.29, 0.717) is 5.56 Å². The molecular weight excluding hydrogens is 2130 g/mol. The number of fused-ring (bicyclic) bond motifs is 3. The average molecular weight is 2240 g/mol. The summed E-state index contributed by atoms with van der Waals surface area (Å²) in [5.41, 5.74) is 16.0. The number of nitrogens with one attached hydrogen (secondary N) is 5. The molecule has 9 aromatic heterocycles. The van der Waals surface area contributed by atoms with E-state index >= 15 is 13.7 Å². The zero-order valence-electron chi connectivity index (χ0n) is 79.0. The van der Waals surface area contributed by atoms with Gasteiger partial charge in [-0.1, -0.05) is 12.2 Å². The van der Waals surface area contributed by atoms with E-state index in [2.05, 4.69) is 72.1 Å². The number of anilines is 4. The van der Waals surface area contributed by atoms with Crippen LogP contribution in [0.15, 0.2) is 75.9 Å². The Hall–Kier alpha value is -8.41. The van der Waals surface area contributed by atoms with Crippen molar-refractivity contribution in [1.29, 1.82) is 0 Å². The molecule has 28 atom stereocenters. The summed E-state index contributed by atoms with van der Waals surface area (Å²) >= 11 is 15.7. The van der Waals surface area contributed by atoms with E-state index in [-0.39, 0.29) is 110 Å². The molecule has 0 radical (unpaired) electrons. The molecule has 18 N–H and O–H groups in total.